The number of ether oxygens (including phenoxy) is 2. The molecule has 19 heavy (non-hydrogen) atoms. The first kappa shape index (κ1) is 14.8. The van der Waals surface area contributed by atoms with Crippen LogP contribution in [0, 0.1) is 16.7 Å². The Hall–Kier alpha value is -2.22. The minimum atomic E-state index is -0.952. The van der Waals surface area contributed by atoms with Gasteiger partial charge in [0.05, 0.1) is 31.3 Å². The highest BCUT2D eigenvalue weighted by molar-refractivity contribution is 5.74. The molecule has 0 aliphatic rings. The topological polar surface area (TPSA) is 79.5 Å². The van der Waals surface area contributed by atoms with E-state index in [1.54, 1.807) is 26.0 Å². The Morgan fingerprint density at radius 1 is 1.37 bits per heavy atom. The molecule has 1 aromatic carbocycles. The summed E-state index contributed by atoms with van der Waals surface area (Å²) in [4.78, 5) is 11.2. The number of hydrogen-bond acceptors (Lipinski definition) is 4. The summed E-state index contributed by atoms with van der Waals surface area (Å²) in [6.07, 6.45) is 0.247. The van der Waals surface area contributed by atoms with Crippen molar-refractivity contribution in [2.45, 2.75) is 20.3 Å². The molecule has 0 heterocycles. The summed E-state index contributed by atoms with van der Waals surface area (Å²) >= 11 is 0. The van der Waals surface area contributed by atoms with Gasteiger partial charge in [-0.2, -0.15) is 5.26 Å². The Bertz CT molecular complexity index is 529. The minimum Gasteiger partial charge on any atom is -0.493 e. The summed E-state index contributed by atoms with van der Waals surface area (Å²) < 4.78 is 10.4. The van der Waals surface area contributed by atoms with Gasteiger partial charge in [0.25, 0.3) is 0 Å². The molecule has 0 saturated carbocycles. The van der Waals surface area contributed by atoms with Crippen molar-refractivity contribution in [2.24, 2.45) is 5.41 Å². The van der Waals surface area contributed by atoms with Crippen LogP contribution in [0.3, 0.4) is 0 Å². The van der Waals surface area contributed by atoms with Crippen molar-refractivity contribution in [3.8, 4) is 17.6 Å². The first-order valence-electron chi connectivity index (χ1n) is 5.74. The highest BCUT2D eigenvalue weighted by Crippen LogP contribution is 2.36. The van der Waals surface area contributed by atoms with E-state index in [1.165, 1.54) is 14.2 Å². The molecular weight excluding hydrogens is 246 g/mol. The number of hydrogen-bond donors (Lipinski definition) is 1. The second-order valence-corrected chi connectivity index (χ2v) is 4.85. The molecule has 0 amide bonds. The van der Waals surface area contributed by atoms with Crippen LogP contribution in [-0.4, -0.2) is 25.3 Å². The molecule has 5 heteroatoms. The second-order valence-electron chi connectivity index (χ2n) is 4.85. The van der Waals surface area contributed by atoms with Crippen LogP contribution in [0.5, 0.6) is 11.5 Å². The van der Waals surface area contributed by atoms with Crippen LogP contribution in [0.25, 0.3) is 0 Å². The molecule has 0 unspecified atom stereocenters. The highest BCUT2D eigenvalue weighted by Gasteiger charge is 2.29. The Labute approximate surface area is 112 Å². The van der Waals surface area contributed by atoms with Crippen LogP contribution in [0.4, 0.5) is 0 Å². The Morgan fingerprint density at radius 3 is 2.42 bits per heavy atom. The van der Waals surface area contributed by atoms with Crippen molar-refractivity contribution in [3.05, 3.63) is 23.3 Å². The lowest BCUT2D eigenvalue weighted by Gasteiger charge is -2.21. The zero-order valence-corrected chi connectivity index (χ0v) is 11.5. The molecule has 1 rings (SSSR count). The van der Waals surface area contributed by atoms with Gasteiger partial charge in [0.15, 0.2) is 11.5 Å². The maximum absolute atomic E-state index is 11.2. The number of aliphatic carboxylic acids is 1. The zero-order chi connectivity index (χ0) is 14.6. The predicted molar refractivity (Wildman–Crippen MR) is 69.4 cm³/mol. The van der Waals surface area contributed by atoms with E-state index < -0.39 is 11.4 Å². The van der Waals surface area contributed by atoms with E-state index in [0.717, 1.165) is 0 Å². The van der Waals surface area contributed by atoms with Gasteiger partial charge in [-0.15, -0.1) is 0 Å². The maximum atomic E-state index is 11.2. The molecule has 102 valence electrons. The molecule has 0 aromatic heterocycles. The van der Waals surface area contributed by atoms with Crippen LogP contribution in [0.2, 0.25) is 0 Å². The van der Waals surface area contributed by atoms with Gasteiger partial charge in [0, 0.05) is 11.6 Å². The molecule has 0 fully saturated rings. The van der Waals surface area contributed by atoms with E-state index in [1.807, 2.05) is 6.07 Å². The Kier molecular flexibility index (Phi) is 4.38. The first-order valence-corrected chi connectivity index (χ1v) is 5.74. The number of nitrogens with zero attached hydrogens (tertiary/aromatic N) is 1. The van der Waals surface area contributed by atoms with Crippen molar-refractivity contribution in [2.75, 3.05) is 14.2 Å². The van der Waals surface area contributed by atoms with Crippen LogP contribution >= 0.6 is 0 Å². The lowest BCUT2D eigenvalue weighted by molar-refractivity contribution is -0.146. The van der Waals surface area contributed by atoms with Crippen LogP contribution in [0.15, 0.2) is 12.1 Å². The summed E-state index contributed by atoms with van der Waals surface area (Å²) in [5.41, 5.74) is 0.103. The molecule has 0 aliphatic heterocycles. The number of methoxy groups -OCH3 is 2. The van der Waals surface area contributed by atoms with E-state index in [2.05, 4.69) is 0 Å². The maximum Gasteiger partial charge on any atom is 0.309 e. The molecule has 0 saturated heterocycles. The molecule has 0 radical (unpaired) electrons. The largest absolute Gasteiger partial charge is 0.493 e. The van der Waals surface area contributed by atoms with Crippen LogP contribution < -0.4 is 9.47 Å². The fourth-order valence-corrected chi connectivity index (χ4v) is 1.79. The van der Waals surface area contributed by atoms with E-state index in [-0.39, 0.29) is 6.42 Å². The van der Waals surface area contributed by atoms with Crippen molar-refractivity contribution in [3.63, 3.8) is 0 Å². The summed E-state index contributed by atoms with van der Waals surface area (Å²) in [5.74, 6) is -0.00977. The third kappa shape index (κ3) is 3.16. The van der Waals surface area contributed by atoms with Crippen molar-refractivity contribution < 1.29 is 19.4 Å². The van der Waals surface area contributed by atoms with Gasteiger partial charge in [-0.3, -0.25) is 4.79 Å². The number of benzene rings is 1. The van der Waals surface area contributed by atoms with E-state index in [0.29, 0.717) is 22.6 Å². The molecular formula is C14H17NO4. The molecule has 0 bridgehead atoms. The number of carbonyl (C=O) groups is 1. The summed E-state index contributed by atoms with van der Waals surface area (Å²) in [7, 11) is 2.96. The number of rotatable bonds is 5. The Morgan fingerprint density at radius 2 is 2.00 bits per heavy atom. The zero-order valence-electron chi connectivity index (χ0n) is 11.5. The van der Waals surface area contributed by atoms with Gasteiger partial charge < -0.3 is 14.6 Å². The number of carboxylic acids is 1. The van der Waals surface area contributed by atoms with Crippen molar-refractivity contribution in [1.82, 2.24) is 0 Å². The predicted octanol–water partition coefficient (Wildman–Crippen LogP) is 2.23. The summed E-state index contributed by atoms with van der Waals surface area (Å²) in [6, 6.07) is 5.22. The van der Waals surface area contributed by atoms with Crippen LogP contribution in [-0.2, 0) is 11.2 Å². The van der Waals surface area contributed by atoms with Crippen molar-refractivity contribution in [1.29, 1.82) is 5.26 Å². The van der Waals surface area contributed by atoms with Crippen molar-refractivity contribution >= 4 is 5.97 Å². The quantitative estimate of drug-likeness (QED) is 0.881. The fourth-order valence-electron chi connectivity index (χ4n) is 1.79. The third-order valence-electron chi connectivity index (χ3n) is 2.90. The smallest absolute Gasteiger partial charge is 0.309 e. The molecule has 1 N–H and O–H groups in total. The second kappa shape index (κ2) is 5.61. The molecule has 1 aromatic rings. The lowest BCUT2D eigenvalue weighted by Crippen LogP contribution is -2.26. The normalized spacial score (nSPS) is 10.7. The van der Waals surface area contributed by atoms with Gasteiger partial charge in [-0.25, -0.2) is 0 Å². The van der Waals surface area contributed by atoms with E-state index in [9.17, 15) is 9.90 Å². The standard InChI is InChI=1S/C14H17NO4/c1-14(2,13(16)17)7-10-5-9(8-15)6-11(18-3)12(10)19-4/h5-6H,7H2,1-4H3,(H,16,17). The van der Waals surface area contributed by atoms with E-state index >= 15 is 0 Å². The molecule has 0 atom stereocenters. The average molecular weight is 263 g/mol. The lowest BCUT2D eigenvalue weighted by atomic mass is 9.85. The number of nitriles is 1. The third-order valence-corrected chi connectivity index (χ3v) is 2.90. The van der Waals surface area contributed by atoms with Gasteiger partial charge in [0.2, 0.25) is 0 Å². The van der Waals surface area contributed by atoms with Gasteiger partial charge in [0.1, 0.15) is 0 Å². The summed E-state index contributed by atoms with van der Waals surface area (Å²) in [6.45, 7) is 3.25. The van der Waals surface area contributed by atoms with Gasteiger partial charge >= 0.3 is 5.97 Å². The average Bonchev–Trinajstić information content (AvgIpc) is 2.36. The molecule has 0 aliphatic carbocycles. The Balaban J connectivity index is 3.33. The highest BCUT2D eigenvalue weighted by atomic mass is 16.5. The first-order chi connectivity index (χ1) is 8.85. The van der Waals surface area contributed by atoms with Gasteiger partial charge in [-0.1, -0.05) is 0 Å². The molecule has 0 spiro atoms. The molecule has 5 nitrogen and oxygen atoms in total. The van der Waals surface area contributed by atoms with E-state index in [4.69, 9.17) is 14.7 Å². The SMILES string of the molecule is COc1cc(C#N)cc(CC(C)(C)C(=O)O)c1OC. The minimum absolute atomic E-state index is 0.247. The van der Waals surface area contributed by atoms with Crippen LogP contribution in [0.1, 0.15) is 25.0 Å². The van der Waals surface area contributed by atoms with Gasteiger partial charge in [-0.05, 0) is 26.3 Å². The number of carboxylic acid groups (broad SMARTS) is 1. The monoisotopic (exact) mass is 263 g/mol. The summed E-state index contributed by atoms with van der Waals surface area (Å²) in [5, 5.41) is 18.2. The fraction of sp³-hybridized carbons (Fsp3) is 0.429.